The minimum absolute atomic E-state index is 0.0906. The molecular weight excluding hydrogens is 278 g/mol. The van der Waals surface area contributed by atoms with E-state index in [0.717, 1.165) is 51.0 Å². The van der Waals surface area contributed by atoms with Crippen LogP contribution in [0, 0.1) is 11.3 Å². The first-order valence-electron chi connectivity index (χ1n) is 7.85. The lowest BCUT2D eigenvalue weighted by atomic mass is 10.0. The maximum absolute atomic E-state index is 11.6. The Morgan fingerprint density at radius 2 is 2.09 bits per heavy atom. The number of anilines is 1. The third-order valence-electron chi connectivity index (χ3n) is 4.82. The normalized spacial score (nSPS) is 23.4. The van der Waals surface area contributed by atoms with Crippen molar-refractivity contribution in [1.29, 1.82) is 5.26 Å². The Kier molecular flexibility index (Phi) is 4.25. The number of likely N-dealkylation sites (tertiary alicyclic amines) is 1. The number of hydrogen-bond acceptors (Lipinski definition) is 5. The quantitative estimate of drug-likeness (QED) is 0.895. The summed E-state index contributed by atoms with van der Waals surface area (Å²) in [5, 5.41) is 9.19. The molecule has 2 aliphatic heterocycles. The third-order valence-corrected chi connectivity index (χ3v) is 4.82. The summed E-state index contributed by atoms with van der Waals surface area (Å²) in [6.45, 7) is 2.76. The first kappa shape index (κ1) is 14.8. The van der Waals surface area contributed by atoms with Gasteiger partial charge in [0.15, 0.2) is 0 Å². The van der Waals surface area contributed by atoms with Gasteiger partial charge in [0.05, 0.1) is 17.3 Å². The zero-order valence-corrected chi connectivity index (χ0v) is 12.6. The molecule has 2 aliphatic rings. The van der Waals surface area contributed by atoms with Gasteiger partial charge in [-0.05, 0) is 38.3 Å². The van der Waals surface area contributed by atoms with Gasteiger partial charge in [-0.2, -0.15) is 5.26 Å². The van der Waals surface area contributed by atoms with Crippen LogP contribution in [0.25, 0.3) is 0 Å². The van der Waals surface area contributed by atoms with Crippen molar-refractivity contribution in [1.82, 2.24) is 9.88 Å². The summed E-state index contributed by atoms with van der Waals surface area (Å²) in [5.41, 5.74) is 7.10. The summed E-state index contributed by atoms with van der Waals surface area (Å²) in [6.07, 6.45) is 7.28. The molecule has 2 fully saturated rings. The number of carbonyl (C=O) groups excluding carboxylic acids is 1. The molecule has 2 N–H and O–H groups in total. The number of amides is 1. The second-order valence-corrected chi connectivity index (χ2v) is 6.02. The van der Waals surface area contributed by atoms with Crippen LogP contribution in [0.5, 0.6) is 0 Å². The second-order valence-electron chi connectivity index (χ2n) is 6.02. The van der Waals surface area contributed by atoms with Gasteiger partial charge in [-0.15, -0.1) is 0 Å². The van der Waals surface area contributed by atoms with Crippen LogP contribution < -0.4 is 10.6 Å². The van der Waals surface area contributed by atoms with Gasteiger partial charge >= 0.3 is 0 Å². The van der Waals surface area contributed by atoms with E-state index in [0.29, 0.717) is 11.6 Å². The smallest absolute Gasteiger partial charge is 0.234 e. The highest BCUT2D eigenvalue weighted by atomic mass is 16.1. The number of piperidine rings is 1. The number of nitrogens with two attached hydrogens (primary N) is 1. The highest BCUT2D eigenvalue weighted by Gasteiger charge is 2.35. The predicted octanol–water partition coefficient (Wildman–Crippen LogP) is 0.872. The van der Waals surface area contributed by atoms with Gasteiger partial charge in [0.1, 0.15) is 6.07 Å². The maximum atomic E-state index is 11.6. The predicted molar refractivity (Wildman–Crippen MR) is 83.1 cm³/mol. The number of hydrogen-bond donors (Lipinski definition) is 1. The lowest BCUT2D eigenvalue weighted by molar-refractivity contribution is -0.123. The minimum Gasteiger partial charge on any atom is -0.370 e. The second kappa shape index (κ2) is 6.32. The number of nitrogens with zero attached hydrogens (tertiary/aromatic N) is 4. The average Bonchev–Trinajstić information content (AvgIpc) is 3.05. The largest absolute Gasteiger partial charge is 0.370 e. The number of rotatable bonds is 3. The maximum Gasteiger partial charge on any atom is 0.234 e. The molecule has 1 unspecified atom stereocenters. The monoisotopic (exact) mass is 299 g/mol. The molecule has 1 amide bonds. The van der Waals surface area contributed by atoms with Gasteiger partial charge in [-0.25, -0.2) is 0 Å². The van der Waals surface area contributed by atoms with Crippen molar-refractivity contribution in [3.8, 4) is 6.07 Å². The van der Waals surface area contributed by atoms with Gasteiger partial charge in [0.25, 0.3) is 0 Å². The van der Waals surface area contributed by atoms with E-state index in [4.69, 9.17) is 5.73 Å². The third kappa shape index (κ3) is 2.77. The van der Waals surface area contributed by atoms with Crippen molar-refractivity contribution in [3.05, 3.63) is 24.0 Å². The van der Waals surface area contributed by atoms with E-state index >= 15 is 0 Å². The summed E-state index contributed by atoms with van der Waals surface area (Å²) < 4.78 is 0. The number of aromatic nitrogens is 1. The fraction of sp³-hybridized carbons (Fsp3) is 0.562. The number of pyridine rings is 1. The topological polar surface area (TPSA) is 86.2 Å². The molecule has 6 nitrogen and oxygen atoms in total. The minimum atomic E-state index is -0.194. The van der Waals surface area contributed by atoms with Crippen LogP contribution in [-0.4, -0.2) is 47.5 Å². The van der Waals surface area contributed by atoms with Crippen molar-refractivity contribution in [2.75, 3.05) is 24.5 Å². The molecule has 0 bridgehead atoms. The Hall–Kier alpha value is -2.13. The summed E-state index contributed by atoms with van der Waals surface area (Å²) in [5.74, 6) is -0.194. The van der Waals surface area contributed by atoms with Crippen molar-refractivity contribution in [2.24, 2.45) is 5.73 Å². The Morgan fingerprint density at radius 3 is 2.77 bits per heavy atom. The Bertz CT molecular complexity index is 588. The van der Waals surface area contributed by atoms with Crippen molar-refractivity contribution in [3.63, 3.8) is 0 Å². The van der Waals surface area contributed by atoms with E-state index in [1.807, 2.05) is 6.07 Å². The molecule has 0 spiro atoms. The molecule has 0 aliphatic carbocycles. The van der Waals surface area contributed by atoms with E-state index in [1.54, 1.807) is 12.4 Å². The van der Waals surface area contributed by atoms with E-state index in [2.05, 4.69) is 20.9 Å². The molecule has 0 radical (unpaired) electrons. The van der Waals surface area contributed by atoms with Gasteiger partial charge in [0, 0.05) is 31.5 Å². The average molecular weight is 299 g/mol. The highest BCUT2D eigenvalue weighted by Crippen LogP contribution is 2.28. The molecule has 2 saturated heterocycles. The Labute approximate surface area is 130 Å². The Balaban J connectivity index is 1.66. The first-order chi connectivity index (χ1) is 10.7. The zero-order chi connectivity index (χ0) is 15.5. The van der Waals surface area contributed by atoms with Crippen molar-refractivity contribution < 1.29 is 4.79 Å². The highest BCUT2D eigenvalue weighted by molar-refractivity contribution is 5.80. The lowest BCUT2D eigenvalue weighted by Gasteiger charge is -2.39. The lowest BCUT2D eigenvalue weighted by Crippen LogP contribution is -2.50. The van der Waals surface area contributed by atoms with Crippen LogP contribution in [0.4, 0.5) is 5.69 Å². The fourth-order valence-electron chi connectivity index (χ4n) is 3.72. The van der Waals surface area contributed by atoms with Crippen LogP contribution in [0.2, 0.25) is 0 Å². The van der Waals surface area contributed by atoms with Gasteiger partial charge in [0.2, 0.25) is 5.91 Å². The molecule has 116 valence electrons. The number of carbonyl (C=O) groups is 1. The van der Waals surface area contributed by atoms with Crippen LogP contribution in [-0.2, 0) is 4.79 Å². The molecule has 1 aromatic heterocycles. The summed E-state index contributed by atoms with van der Waals surface area (Å²) in [6, 6.07) is 4.44. The fourth-order valence-corrected chi connectivity index (χ4v) is 3.72. The molecule has 6 heteroatoms. The molecular formula is C16H21N5O. The zero-order valence-electron chi connectivity index (χ0n) is 12.6. The van der Waals surface area contributed by atoms with Crippen LogP contribution in [0.3, 0.4) is 0 Å². The first-order valence-corrected chi connectivity index (χ1v) is 7.85. The van der Waals surface area contributed by atoms with E-state index in [-0.39, 0.29) is 11.9 Å². The molecule has 1 atom stereocenters. The Morgan fingerprint density at radius 1 is 1.32 bits per heavy atom. The SMILES string of the molecule is N#Cc1cnccc1N1CCC(N2CCCC2C(N)=O)CC1. The van der Waals surface area contributed by atoms with E-state index < -0.39 is 0 Å². The number of primary amides is 1. The van der Waals surface area contributed by atoms with Crippen LogP contribution in [0.15, 0.2) is 18.5 Å². The standard InChI is InChI=1S/C16H21N5O/c17-10-12-11-19-6-3-14(12)20-8-4-13(5-9-20)21-7-1-2-15(21)16(18)22/h3,6,11,13,15H,1-2,4-5,7-9H2,(H2,18,22). The molecule has 1 aromatic rings. The van der Waals surface area contributed by atoms with Crippen molar-refractivity contribution >= 4 is 11.6 Å². The molecule has 3 rings (SSSR count). The van der Waals surface area contributed by atoms with Crippen LogP contribution >= 0.6 is 0 Å². The molecule has 3 heterocycles. The summed E-state index contributed by atoms with van der Waals surface area (Å²) >= 11 is 0. The molecule has 22 heavy (non-hydrogen) atoms. The van der Waals surface area contributed by atoms with Gasteiger partial charge in [-0.1, -0.05) is 0 Å². The molecule has 0 aromatic carbocycles. The van der Waals surface area contributed by atoms with E-state index in [1.165, 1.54) is 0 Å². The number of nitriles is 1. The summed E-state index contributed by atoms with van der Waals surface area (Å²) in [4.78, 5) is 20.1. The van der Waals surface area contributed by atoms with E-state index in [9.17, 15) is 10.1 Å². The summed E-state index contributed by atoms with van der Waals surface area (Å²) in [7, 11) is 0. The van der Waals surface area contributed by atoms with Gasteiger partial charge in [-0.3, -0.25) is 14.7 Å². The van der Waals surface area contributed by atoms with Gasteiger partial charge < -0.3 is 10.6 Å². The van der Waals surface area contributed by atoms with Crippen LogP contribution in [0.1, 0.15) is 31.2 Å². The molecule has 0 saturated carbocycles. The van der Waals surface area contributed by atoms with Crippen molar-refractivity contribution in [2.45, 2.75) is 37.8 Å².